The van der Waals surface area contributed by atoms with Crippen molar-refractivity contribution in [1.29, 1.82) is 0 Å². The van der Waals surface area contributed by atoms with E-state index in [9.17, 15) is 0 Å². The minimum absolute atomic E-state index is 0.478. The van der Waals surface area contributed by atoms with E-state index in [4.69, 9.17) is 0 Å². The van der Waals surface area contributed by atoms with E-state index in [0.717, 1.165) is 10.8 Å². The number of fused-ring (bicyclic) bond motifs is 3. The molecule has 0 spiro atoms. The zero-order valence-electron chi connectivity index (χ0n) is 7.12. The molecule has 0 saturated heterocycles. The first kappa shape index (κ1) is 7.25. The molecule has 5 nitrogen and oxygen atoms in total. The summed E-state index contributed by atoms with van der Waals surface area (Å²) in [5.74, 6) is 0.478. The van der Waals surface area contributed by atoms with Gasteiger partial charge < -0.3 is 0 Å². The summed E-state index contributed by atoms with van der Waals surface area (Å²) in [6.07, 6.45) is 1.69. The molecular formula is C9H5N5. The largest absolute Gasteiger partial charge is 0.226 e. The Hall–Kier alpha value is -2.17. The normalized spacial score (nSPS) is 10.9. The monoisotopic (exact) mass is 183 g/mol. The molecule has 0 radical (unpaired) electrons. The molecule has 0 saturated carbocycles. The summed E-state index contributed by atoms with van der Waals surface area (Å²) in [7, 11) is 0. The highest BCUT2D eigenvalue weighted by molar-refractivity contribution is 5.91. The van der Waals surface area contributed by atoms with Crippen molar-refractivity contribution in [1.82, 2.24) is 25.6 Å². The van der Waals surface area contributed by atoms with Crippen LogP contribution in [0.4, 0.5) is 0 Å². The molecule has 14 heavy (non-hydrogen) atoms. The molecule has 0 aliphatic carbocycles. The van der Waals surface area contributed by atoms with E-state index in [0.29, 0.717) is 11.5 Å². The first-order valence-corrected chi connectivity index (χ1v) is 4.15. The van der Waals surface area contributed by atoms with Crippen LogP contribution in [0.15, 0.2) is 30.5 Å². The van der Waals surface area contributed by atoms with Crippen LogP contribution in [0, 0.1) is 0 Å². The zero-order chi connectivity index (χ0) is 9.38. The van der Waals surface area contributed by atoms with Gasteiger partial charge in [0.2, 0.25) is 5.82 Å². The van der Waals surface area contributed by atoms with Gasteiger partial charge in [0, 0.05) is 10.8 Å². The third-order valence-electron chi connectivity index (χ3n) is 2.06. The Morgan fingerprint density at radius 2 is 1.86 bits per heavy atom. The molecule has 1 aromatic rings. The van der Waals surface area contributed by atoms with Crippen LogP contribution in [0.25, 0.3) is 22.3 Å². The maximum atomic E-state index is 3.92. The number of benzene rings is 1. The molecule has 0 bridgehead atoms. The van der Waals surface area contributed by atoms with E-state index < -0.39 is 0 Å². The maximum absolute atomic E-state index is 3.92. The van der Waals surface area contributed by atoms with Crippen LogP contribution >= 0.6 is 0 Å². The quantitative estimate of drug-likeness (QED) is 0.518. The maximum Gasteiger partial charge on any atom is 0.226 e. The second-order valence-corrected chi connectivity index (χ2v) is 2.89. The van der Waals surface area contributed by atoms with Crippen molar-refractivity contribution < 1.29 is 0 Å². The van der Waals surface area contributed by atoms with Gasteiger partial charge in [0.05, 0.1) is 6.20 Å². The van der Waals surface area contributed by atoms with Gasteiger partial charge in [-0.15, -0.1) is 15.3 Å². The Morgan fingerprint density at radius 1 is 0.929 bits per heavy atom. The molecule has 0 unspecified atom stereocenters. The molecule has 0 amide bonds. The van der Waals surface area contributed by atoms with E-state index in [1.807, 2.05) is 24.3 Å². The summed E-state index contributed by atoms with van der Waals surface area (Å²) in [4.78, 5) is 0. The topological polar surface area (TPSA) is 64.5 Å². The lowest BCUT2D eigenvalue weighted by Crippen LogP contribution is -1.80. The lowest BCUT2D eigenvalue weighted by Gasteiger charge is -1.90. The van der Waals surface area contributed by atoms with Gasteiger partial charge in [-0.05, 0) is 5.21 Å². The molecule has 2 aliphatic rings. The zero-order valence-corrected chi connectivity index (χ0v) is 7.12. The molecule has 0 atom stereocenters. The number of aromatic nitrogens is 5. The van der Waals surface area contributed by atoms with E-state index >= 15 is 0 Å². The highest BCUT2D eigenvalue weighted by Crippen LogP contribution is 2.21. The third kappa shape index (κ3) is 0.922. The number of hydrogen-bond donors (Lipinski definition) is 0. The van der Waals surface area contributed by atoms with Crippen molar-refractivity contribution >= 4 is 10.8 Å². The van der Waals surface area contributed by atoms with Gasteiger partial charge >= 0.3 is 0 Å². The second kappa shape index (κ2) is 2.66. The lowest BCUT2D eigenvalue weighted by molar-refractivity contribution is 0.931. The van der Waals surface area contributed by atoms with Gasteiger partial charge in [0.1, 0.15) is 5.69 Å². The summed E-state index contributed by atoms with van der Waals surface area (Å²) >= 11 is 0. The Balaban J connectivity index is 2.56. The molecular weight excluding hydrogens is 178 g/mol. The number of nitrogens with zero attached hydrogens (tertiary/aromatic N) is 5. The predicted octanol–water partition coefficient (Wildman–Crippen LogP) is 0.920. The average Bonchev–Trinajstić information content (AvgIpc) is 2.61. The van der Waals surface area contributed by atoms with Crippen molar-refractivity contribution in [3.8, 4) is 11.5 Å². The Kier molecular flexibility index (Phi) is 1.38. The second-order valence-electron chi connectivity index (χ2n) is 2.89. The van der Waals surface area contributed by atoms with Crippen LogP contribution in [-0.2, 0) is 0 Å². The van der Waals surface area contributed by atoms with E-state index in [2.05, 4.69) is 25.6 Å². The fraction of sp³-hybridized carbons (Fsp3) is 0. The van der Waals surface area contributed by atoms with Crippen molar-refractivity contribution in [2.24, 2.45) is 0 Å². The van der Waals surface area contributed by atoms with Gasteiger partial charge in [-0.2, -0.15) is 5.10 Å². The fourth-order valence-electron chi connectivity index (χ4n) is 1.41. The van der Waals surface area contributed by atoms with Crippen molar-refractivity contribution in [2.45, 2.75) is 0 Å². The standard InChI is InChI=1S/C9H5N5/c1-2-4-7-6(3-1)5-10-12-9-8(7)11-14-13-9/h1-5H. The third-order valence-corrected chi connectivity index (χ3v) is 2.06. The molecule has 0 N–H and O–H groups in total. The SMILES string of the molecule is c1ccc2c3nnnc-3nncc2c1. The molecule has 3 rings (SSSR count). The van der Waals surface area contributed by atoms with Crippen molar-refractivity contribution in [3.63, 3.8) is 0 Å². The van der Waals surface area contributed by atoms with Crippen LogP contribution in [0.3, 0.4) is 0 Å². The molecule has 0 aromatic heterocycles. The average molecular weight is 183 g/mol. The van der Waals surface area contributed by atoms with Gasteiger partial charge in [-0.1, -0.05) is 24.3 Å². The Labute approximate surface area is 79.2 Å². The molecule has 2 aliphatic heterocycles. The molecule has 0 fully saturated rings. The van der Waals surface area contributed by atoms with Crippen LogP contribution in [0.1, 0.15) is 0 Å². The van der Waals surface area contributed by atoms with Gasteiger partial charge in [-0.25, -0.2) is 0 Å². The van der Waals surface area contributed by atoms with Gasteiger partial charge in [-0.3, -0.25) is 0 Å². The van der Waals surface area contributed by atoms with E-state index in [1.165, 1.54) is 0 Å². The molecule has 1 aromatic carbocycles. The van der Waals surface area contributed by atoms with E-state index in [-0.39, 0.29) is 0 Å². The highest BCUT2D eigenvalue weighted by atomic mass is 15.4. The first-order chi connectivity index (χ1) is 6.95. The number of rotatable bonds is 0. The summed E-state index contributed by atoms with van der Waals surface area (Å²) in [6, 6.07) is 7.80. The summed E-state index contributed by atoms with van der Waals surface area (Å²) in [6.45, 7) is 0. The first-order valence-electron chi connectivity index (χ1n) is 4.15. The minimum atomic E-state index is 0.478. The van der Waals surface area contributed by atoms with Crippen LogP contribution in [-0.4, -0.2) is 25.6 Å². The van der Waals surface area contributed by atoms with Crippen LogP contribution < -0.4 is 0 Å². The predicted molar refractivity (Wildman–Crippen MR) is 49.5 cm³/mol. The number of hydrogen-bond acceptors (Lipinski definition) is 5. The van der Waals surface area contributed by atoms with E-state index in [1.54, 1.807) is 6.20 Å². The fourth-order valence-corrected chi connectivity index (χ4v) is 1.41. The van der Waals surface area contributed by atoms with Gasteiger partial charge in [0.15, 0.2) is 0 Å². The van der Waals surface area contributed by atoms with Crippen LogP contribution in [0.2, 0.25) is 0 Å². The Bertz CT molecular complexity index is 565. The van der Waals surface area contributed by atoms with Gasteiger partial charge in [0.25, 0.3) is 0 Å². The van der Waals surface area contributed by atoms with Crippen molar-refractivity contribution in [3.05, 3.63) is 30.5 Å². The minimum Gasteiger partial charge on any atom is -0.156 e. The summed E-state index contributed by atoms with van der Waals surface area (Å²) < 4.78 is 0. The molecule has 66 valence electrons. The molecule has 5 heteroatoms. The Morgan fingerprint density at radius 3 is 2.86 bits per heavy atom. The summed E-state index contributed by atoms with van der Waals surface area (Å²) in [5.41, 5.74) is 0.693. The van der Waals surface area contributed by atoms with Crippen LogP contribution in [0.5, 0.6) is 0 Å². The molecule has 2 heterocycles. The highest BCUT2D eigenvalue weighted by Gasteiger charge is 2.10. The van der Waals surface area contributed by atoms with Crippen molar-refractivity contribution in [2.75, 3.05) is 0 Å². The smallest absolute Gasteiger partial charge is 0.156 e. The summed E-state index contributed by atoms with van der Waals surface area (Å²) in [5, 5.41) is 21.0. The lowest BCUT2D eigenvalue weighted by atomic mass is 10.1.